The number of hydrogen-bond acceptors (Lipinski definition) is 4. The van der Waals surface area contributed by atoms with Crippen LogP contribution in [0, 0.1) is 0 Å². The van der Waals surface area contributed by atoms with Crippen LogP contribution in [-0.2, 0) is 0 Å². The summed E-state index contributed by atoms with van der Waals surface area (Å²) in [4.78, 5) is 16.2. The molecule has 0 N–H and O–H groups in total. The van der Waals surface area contributed by atoms with Gasteiger partial charge in [0.05, 0.1) is 11.0 Å². The first-order valence-electron chi connectivity index (χ1n) is 22.3. The topological polar surface area (TPSA) is 56.7 Å². The molecule has 66 heavy (non-hydrogen) atoms. The molecule has 0 aliphatic heterocycles. The fraction of sp³-hybridized carbons (Fsp3) is 0. The summed E-state index contributed by atoms with van der Waals surface area (Å²) in [6.45, 7) is 0. The van der Waals surface area contributed by atoms with Crippen molar-refractivity contribution >= 4 is 54.5 Å². The van der Waals surface area contributed by atoms with Crippen molar-refractivity contribution in [2.24, 2.45) is 0 Å². The maximum Gasteiger partial charge on any atom is 0.164 e. The second-order valence-electron chi connectivity index (χ2n) is 16.7. The Balaban J connectivity index is 1.12. The Hall–Kier alpha value is -8.93. The van der Waals surface area contributed by atoms with Crippen LogP contribution in [0.2, 0.25) is 0 Å². The Kier molecular flexibility index (Phi) is 8.78. The van der Waals surface area contributed by atoms with Crippen LogP contribution in [0.15, 0.2) is 235 Å². The van der Waals surface area contributed by atoms with Crippen LogP contribution in [-0.4, -0.2) is 19.5 Å². The van der Waals surface area contributed by atoms with Gasteiger partial charge in [0.25, 0.3) is 0 Å². The van der Waals surface area contributed by atoms with E-state index in [9.17, 15) is 0 Å². The van der Waals surface area contributed by atoms with Crippen LogP contribution in [0.3, 0.4) is 0 Å². The molecule has 0 fully saturated rings. The molecule has 3 heterocycles. The third kappa shape index (κ3) is 6.21. The zero-order valence-electron chi connectivity index (χ0n) is 35.6. The molecule has 10 aromatic carbocycles. The van der Waals surface area contributed by atoms with Crippen LogP contribution in [0.5, 0.6) is 0 Å². The molecule has 0 unspecified atom stereocenters. The molecule has 5 heteroatoms. The molecular formula is C61H38N4O. The van der Waals surface area contributed by atoms with Crippen molar-refractivity contribution in [1.29, 1.82) is 0 Å². The molecule has 0 aliphatic carbocycles. The lowest BCUT2D eigenvalue weighted by Crippen LogP contribution is -2.02. The van der Waals surface area contributed by atoms with Crippen LogP contribution in [0.4, 0.5) is 0 Å². The molecule has 0 radical (unpaired) electrons. The van der Waals surface area contributed by atoms with Gasteiger partial charge in [0.1, 0.15) is 11.2 Å². The minimum atomic E-state index is 0.570. The van der Waals surface area contributed by atoms with Gasteiger partial charge in [-0.1, -0.05) is 176 Å². The Bertz CT molecular complexity index is 3970. The normalized spacial score (nSPS) is 11.6. The first kappa shape index (κ1) is 37.6. The second kappa shape index (κ2) is 15.4. The molecule has 308 valence electrons. The standard InChI is InChI=1S/C61H38N4O/c1-5-18-39(19-6-1)44-37-49(43-32-34-53-50(36-43)47-28-15-16-30-52(47)65(53)45-25-11-4-12-26-45)56(41-21-7-2-8-22-41)51(38-44)61-63-59(42-23-9-3-10-24-42)62-60(64-61)48-29-17-31-54-58(48)57-46-27-14-13-20-40(46)33-35-55(57)66-54/h1-38H. The van der Waals surface area contributed by atoms with E-state index in [0.717, 1.165) is 99.5 Å². The van der Waals surface area contributed by atoms with E-state index in [-0.39, 0.29) is 0 Å². The van der Waals surface area contributed by atoms with Gasteiger partial charge in [-0.25, -0.2) is 15.0 Å². The highest BCUT2D eigenvalue weighted by Crippen LogP contribution is 2.46. The molecule has 0 spiro atoms. The Morgan fingerprint density at radius 1 is 0.318 bits per heavy atom. The number of aromatic nitrogens is 4. The largest absolute Gasteiger partial charge is 0.456 e. The number of furan rings is 1. The monoisotopic (exact) mass is 842 g/mol. The molecule has 5 nitrogen and oxygen atoms in total. The molecule has 0 aliphatic rings. The second-order valence-corrected chi connectivity index (χ2v) is 16.7. The predicted octanol–water partition coefficient (Wildman–Crippen LogP) is 16.0. The molecule has 0 atom stereocenters. The van der Waals surface area contributed by atoms with Crippen molar-refractivity contribution in [3.63, 3.8) is 0 Å². The van der Waals surface area contributed by atoms with Crippen LogP contribution >= 0.6 is 0 Å². The van der Waals surface area contributed by atoms with E-state index in [2.05, 4.69) is 205 Å². The van der Waals surface area contributed by atoms with Gasteiger partial charge in [0.2, 0.25) is 0 Å². The molecule has 0 bridgehead atoms. The van der Waals surface area contributed by atoms with Gasteiger partial charge < -0.3 is 8.98 Å². The number of benzene rings is 10. The van der Waals surface area contributed by atoms with Crippen molar-refractivity contribution in [2.75, 3.05) is 0 Å². The third-order valence-electron chi connectivity index (χ3n) is 12.8. The fourth-order valence-electron chi connectivity index (χ4n) is 9.86. The SMILES string of the molecule is c1ccc(-c2cc(-c3ccc4c(c3)c3ccccc3n4-c3ccccc3)c(-c3ccccc3)c(-c3nc(-c4ccccc4)nc(-c4cccc5oc6ccc7ccccc7c6c45)n3)c2)cc1. The lowest BCUT2D eigenvalue weighted by atomic mass is 9.86. The molecule has 0 saturated carbocycles. The van der Waals surface area contributed by atoms with Crippen LogP contribution < -0.4 is 0 Å². The first-order chi connectivity index (χ1) is 32.7. The Morgan fingerprint density at radius 3 is 1.68 bits per heavy atom. The highest BCUT2D eigenvalue weighted by molar-refractivity contribution is 6.22. The third-order valence-corrected chi connectivity index (χ3v) is 12.8. The van der Waals surface area contributed by atoms with E-state index in [4.69, 9.17) is 19.4 Å². The molecular weight excluding hydrogens is 805 g/mol. The highest BCUT2D eigenvalue weighted by Gasteiger charge is 2.24. The molecule has 3 aromatic heterocycles. The van der Waals surface area contributed by atoms with Gasteiger partial charge in [0.15, 0.2) is 17.5 Å². The summed E-state index contributed by atoms with van der Waals surface area (Å²) in [6, 6.07) is 81.1. The smallest absolute Gasteiger partial charge is 0.164 e. The quantitative estimate of drug-likeness (QED) is 0.160. The van der Waals surface area contributed by atoms with Gasteiger partial charge in [-0.3, -0.25) is 0 Å². The van der Waals surface area contributed by atoms with Crippen LogP contribution in [0.25, 0.3) is 128 Å². The predicted molar refractivity (Wildman–Crippen MR) is 272 cm³/mol. The van der Waals surface area contributed by atoms with E-state index in [1.165, 1.54) is 10.8 Å². The minimum absolute atomic E-state index is 0.570. The van der Waals surface area contributed by atoms with Crippen molar-refractivity contribution in [3.8, 4) is 73.2 Å². The summed E-state index contributed by atoms with van der Waals surface area (Å²) in [5, 5.41) is 6.66. The summed E-state index contributed by atoms with van der Waals surface area (Å²) in [5.41, 5.74) is 14.2. The summed E-state index contributed by atoms with van der Waals surface area (Å²) in [7, 11) is 0. The maximum atomic E-state index is 6.57. The highest BCUT2D eigenvalue weighted by atomic mass is 16.3. The minimum Gasteiger partial charge on any atom is -0.456 e. The maximum absolute atomic E-state index is 6.57. The number of nitrogens with zero attached hydrogens (tertiary/aromatic N) is 4. The van der Waals surface area contributed by atoms with Gasteiger partial charge in [-0.15, -0.1) is 0 Å². The Morgan fingerprint density at radius 2 is 0.909 bits per heavy atom. The first-order valence-corrected chi connectivity index (χ1v) is 22.3. The van der Waals surface area contributed by atoms with E-state index < -0.39 is 0 Å². The summed E-state index contributed by atoms with van der Waals surface area (Å²) >= 11 is 0. The van der Waals surface area contributed by atoms with Gasteiger partial charge in [-0.2, -0.15) is 0 Å². The van der Waals surface area contributed by atoms with E-state index in [0.29, 0.717) is 17.5 Å². The van der Waals surface area contributed by atoms with Crippen molar-refractivity contribution in [3.05, 3.63) is 231 Å². The van der Waals surface area contributed by atoms with Crippen molar-refractivity contribution in [2.45, 2.75) is 0 Å². The van der Waals surface area contributed by atoms with Crippen molar-refractivity contribution < 1.29 is 4.42 Å². The lowest BCUT2D eigenvalue weighted by molar-refractivity contribution is 0.669. The molecule has 0 amide bonds. The van der Waals surface area contributed by atoms with E-state index >= 15 is 0 Å². The summed E-state index contributed by atoms with van der Waals surface area (Å²) in [5.74, 6) is 1.74. The molecule has 0 saturated heterocycles. The number of fused-ring (bicyclic) bond motifs is 8. The summed E-state index contributed by atoms with van der Waals surface area (Å²) in [6.07, 6.45) is 0. The lowest BCUT2D eigenvalue weighted by Gasteiger charge is -2.19. The summed E-state index contributed by atoms with van der Waals surface area (Å²) < 4.78 is 8.93. The molecule has 13 aromatic rings. The average molecular weight is 843 g/mol. The van der Waals surface area contributed by atoms with Gasteiger partial charge >= 0.3 is 0 Å². The number of rotatable bonds is 7. The van der Waals surface area contributed by atoms with Crippen molar-refractivity contribution in [1.82, 2.24) is 19.5 Å². The zero-order valence-corrected chi connectivity index (χ0v) is 35.6. The van der Waals surface area contributed by atoms with E-state index in [1.54, 1.807) is 0 Å². The fourth-order valence-corrected chi connectivity index (χ4v) is 9.86. The van der Waals surface area contributed by atoms with E-state index in [1.807, 2.05) is 30.3 Å². The number of hydrogen-bond donors (Lipinski definition) is 0. The number of para-hydroxylation sites is 2. The zero-order chi connectivity index (χ0) is 43.6. The van der Waals surface area contributed by atoms with Crippen LogP contribution in [0.1, 0.15) is 0 Å². The average Bonchev–Trinajstić information content (AvgIpc) is 3.95. The van der Waals surface area contributed by atoms with Gasteiger partial charge in [0, 0.05) is 49.5 Å². The Labute approximate surface area is 380 Å². The molecule has 13 rings (SSSR count). The van der Waals surface area contributed by atoms with Gasteiger partial charge in [-0.05, 0) is 93.2 Å².